The van der Waals surface area contributed by atoms with E-state index in [2.05, 4.69) is 10.6 Å². The fourth-order valence-electron chi connectivity index (χ4n) is 2.87. The Morgan fingerprint density at radius 3 is 2.10 bits per heavy atom. The molecule has 0 aliphatic carbocycles. The zero-order chi connectivity index (χ0) is 22.5. The smallest absolute Gasteiger partial charge is 0.408 e. The molecule has 2 atom stereocenters. The molecule has 0 bridgehead atoms. The van der Waals surface area contributed by atoms with Crippen molar-refractivity contribution in [2.24, 2.45) is 0 Å². The van der Waals surface area contributed by atoms with E-state index in [1.54, 1.807) is 11.8 Å². The van der Waals surface area contributed by atoms with E-state index in [1.807, 2.05) is 66.9 Å². The zero-order valence-electron chi connectivity index (χ0n) is 17.7. The molecule has 0 aliphatic heterocycles. The van der Waals surface area contributed by atoms with Gasteiger partial charge in [-0.1, -0.05) is 60.7 Å². The number of hydrogen-bond acceptors (Lipinski definition) is 6. The minimum absolute atomic E-state index is 0.0882. The Kier molecular flexibility index (Phi) is 10.4. The van der Waals surface area contributed by atoms with Gasteiger partial charge in [0.05, 0.1) is 7.11 Å². The number of carbonyl (C=O) groups is 3. The summed E-state index contributed by atoms with van der Waals surface area (Å²) < 4.78 is 10.1. The molecule has 2 rings (SSSR count). The molecule has 0 aliphatic rings. The first-order valence-corrected chi connectivity index (χ1v) is 11.3. The van der Waals surface area contributed by atoms with Crippen LogP contribution in [-0.4, -0.2) is 49.2 Å². The Bertz CT molecular complexity index is 832. The molecule has 0 aromatic heterocycles. The molecule has 2 aromatic rings. The number of nitrogens with one attached hydrogen (secondary N) is 2. The van der Waals surface area contributed by atoms with E-state index >= 15 is 0 Å². The van der Waals surface area contributed by atoms with E-state index in [-0.39, 0.29) is 13.0 Å². The van der Waals surface area contributed by atoms with Crippen molar-refractivity contribution in [2.75, 3.05) is 19.1 Å². The fourth-order valence-corrected chi connectivity index (χ4v) is 3.34. The Morgan fingerprint density at radius 1 is 0.903 bits per heavy atom. The van der Waals surface area contributed by atoms with Gasteiger partial charge in [-0.15, -0.1) is 0 Å². The molecular weight excluding hydrogens is 416 g/mol. The van der Waals surface area contributed by atoms with Crippen molar-refractivity contribution in [1.29, 1.82) is 0 Å². The van der Waals surface area contributed by atoms with Crippen molar-refractivity contribution >= 4 is 29.7 Å². The normalized spacial score (nSPS) is 12.3. The van der Waals surface area contributed by atoms with Gasteiger partial charge in [-0.25, -0.2) is 9.59 Å². The second-order valence-corrected chi connectivity index (χ2v) is 7.80. The number of ether oxygens (including phenoxy) is 2. The standard InChI is InChI=1S/C23H28N2O5S/c1-29-22(27)19(13-14-31-2)24-21(26)20(15-17-9-5-3-6-10-17)25-23(28)30-16-18-11-7-4-8-12-18/h3-12,19-20H,13-16H2,1-2H3,(H,24,26)(H,25,28)/t19-,20+/m0/s1. The molecule has 0 unspecified atom stereocenters. The monoisotopic (exact) mass is 444 g/mol. The van der Waals surface area contributed by atoms with Gasteiger partial charge >= 0.3 is 12.1 Å². The lowest BCUT2D eigenvalue weighted by molar-refractivity contribution is -0.145. The van der Waals surface area contributed by atoms with Crippen LogP contribution in [0.3, 0.4) is 0 Å². The van der Waals surface area contributed by atoms with Gasteiger partial charge in [0.2, 0.25) is 5.91 Å². The van der Waals surface area contributed by atoms with Gasteiger partial charge < -0.3 is 20.1 Å². The van der Waals surface area contributed by atoms with E-state index in [0.29, 0.717) is 12.2 Å². The molecule has 2 amide bonds. The summed E-state index contributed by atoms with van der Waals surface area (Å²) >= 11 is 1.56. The third-order valence-electron chi connectivity index (χ3n) is 4.52. The molecular formula is C23H28N2O5S. The number of amides is 2. The van der Waals surface area contributed by atoms with Gasteiger partial charge in [-0.05, 0) is 29.6 Å². The summed E-state index contributed by atoms with van der Waals surface area (Å²) in [6.45, 7) is 0.0882. The predicted octanol–water partition coefficient (Wildman–Crippen LogP) is 2.94. The fraction of sp³-hybridized carbons (Fsp3) is 0.348. The summed E-state index contributed by atoms with van der Waals surface area (Å²) in [6, 6.07) is 16.9. The van der Waals surface area contributed by atoms with Gasteiger partial charge in [0.15, 0.2) is 0 Å². The highest BCUT2D eigenvalue weighted by Crippen LogP contribution is 2.08. The van der Waals surface area contributed by atoms with Gasteiger partial charge in [0.1, 0.15) is 18.7 Å². The van der Waals surface area contributed by atoms with Crippen molar-refractivity contribution in [3.05, 3.63) is 71.8 Å². The van der Waals surface area contributed by atoms with Crippen LogP contribution in [0.4, 0.5) is 4.79 Å². The van der Waals surface area contributed by atoms with Crippen molar-refractivity contribution < 1.29 is 23.9 Å². The summed E-state index contributed by atoms with van der Waals surface area (Å²) in [5.74, 6) is -0.319. The van der Waals surface area contributed by atoms with Crippen LogP contribution in [0.2, 0.25) is 0 Å². The Hall–Kier alpha value is -3.00. The number of carbonyl (C=O) groups excluding carboxylic acids is 3. The number of rotatable bonds is 11. The van der Waals surface area contributed by atoms with Crippen LogP contribution in [0.25, 0.3) is 0 Å². The molecule has 0 radical (unpaired) electrons. The van der Waals surface area contributed by atoms with E-state index in [0.717, 1.165) is 11.1 Å². The highest BCUT2D eigenvalue weighted by atomic mass is 32.2. The number of methoxy groups -OCH3 is 1. The van der Waals surface area contributed by atoms with E-state index < -0.39 is 30.1 Å². The Morgan fingerprint density at radius 2 is 1.52 bits per heavy atom. The van der Waals surface area contributed by atoms with E-state index in [4.69, 9.17) is 9.47 Å². The van der Waals surface area contributed by atoms with Gasteiger partial charge in [-0.2, -0.15) is 11.8 Å². The second-order valence-electron chi connectivity index (χ2n) is 6.81. The van der Waals surface area contributed by atoms with Crippen LogP contribution in [0.15, 0.2) is 60.7 Å². The number of alkyl carbamates (subject to hydrolysis) is 1. The summed E-state index contributed by atoms with van der Waals surface area (Å²) in [7, 11) is 1.28. The van der Waals surface area contributed by atoms with Crippen LogP contribution in [0.1, 0.15) is 17.5 Å². The van der Waals surface area contributed by atoms with Crippen LogP contribution in [0, 0.1) is 0 Å². The molecule has 0 saturated carbocycles. The summed E-state index contributed by atoms with van der Waals surface area (Å²) in [4.78, 5) is 37.4. The highest BCUT2D eigenvalue weighted by molar-refractivity contribution is 7.98. The number of thioether (sulfide) groups is 1. The summed E-state index contributed by atoms with van der Waals surface area (Å²) in [6.07, 6.45) is 1.89. The summed E-state index contributed by atoms with van der Waals surface area (Å²) in [5.41, 5.74) is 1.70. The highest BCUT2D eigenvalue weighted by Gasteiger charge is 2.27. The maximum atomic E-state index is 13.0. The van der Waals surface area contributed by atoms with Gasteiger partial charge in [0, 0.05) is 6.42 Å². The molecule has 0 saturated heterocycles. The first kappa shape index (κ1) is 24.3. The van der Waals surface area contributed by atoms with Crippen molar-refractivity contribution in [3.63, 3.8) is 0 Å². The second kappa shape index (κ2) is 13.3. The molecule has 7 nitrogen and oxygen atoms in total. The van der Waals surface area contributed by atoms with Gasteiger partial charge in [0.25, 0.3) is 0 Å². The first-order valence-electron chi connectivity index (χ1n) is 9.91. The quantitative estimate of drug-likeness (QED) is 0.518. The van der Waals surface area contributed by atoms with Crippen LogP contribution in [-0.2, 0) is 32.1 Å². The molecule has 0 heterocycles. The average molecular weight is 445 g/mol. The SMILES string of the molecule is COC(=O)[C@H](CCSC)NC(=O)[C@@H](Cc1ccccc1)NC(=O)OCc1ccccc1. The molecule has 0 fully saturated rings. The largest absolute Gasteiger partial charge is 0.467 e. The first-order chi connectivity index (χ1) is 15.0. The third kappa shape index (κ3) is 8.72. The van der Waals surface area contributed by atoms with E-state index in [1.165, 1.54) is 7.11 Å². The minimum atomic E-state index is -0.910. The number of benzene rings is 2. The topological polar surface area (TPSA) is 93.7 Å². The number of esters is 1. The maximum Gasteiger partial charge on any atom is 0.408 e. The Labute approximate surface area is 186 Å². The third-order valence-corrected chi connectivity index (χ3v) is 5.16. The molecule has 0 spiro atoms. The van der Waals surface area contributed by atoms with Crippen LogP contribution in [0.5, 0.6) is 0 Å². The lowest BCUT2D eigenvalue weighted by Crippen LogP contribution is -2.52. The Balaban J connectivity index is 2.06. The van der Waals surface area contributed by atoms with Gasteiger partial charge in [-0.3, -0.25) is 4.79 Å². The zero-order valence-corrected chi connectivity index (χ0v) is 18.5. The molecule has 2 N–H and O–H groups in total. The lowest BCUT2D eigenvalue weighted by Gasteiger charge is -2.22. The number of hydrogen-bond donors (Lipinski definition) is 2. The van der Waals surface area contributed by atoms with Crippen molar-refractivity contribution in [3.8, 4) is 0 Å². The van der Waals surface area contributed by atoms with Crippen molar-refractivity contribution in [1.82, 2.24) is 10.6 Å². The predicted molar refractivity (Wildman–Crippen MR) is 121 cm³/mol. The van der Waals surface area contributed by atoms with Crippen LogP contribution < -0.4 is 10.6 Å². The minimum Gasteiger partial charge on any atom is -0.467 e. The molecule has 166 valence electrons. The molecule has 8 heteroatoms. The molecule has 2 aromatic carbocycles. The van der Waals surface area contributed by atoms with E-state index in [9.17, 15) is 14.4 Å². The summed E-state index contributed by atoms with van der Waals surface area (Å²) in [5, 5.41) is 5.33. The van der Waals surface area contributed by atoms with Crippen molar-refractivity contribution in [2.45, 2.75) is 31.5 Å². The average Bonchev–Trinajstić information content (AvgIpc) is 2.80. The maximum absolute atomic E-state index is 13.0. The van der Waals surface area contributed by atoms with Crippen LogP contribution >= 0.6 is 11.8 Å². The lowest BCUT2D eigenvalue weighted by atomic mass is 10.0. The molecule has 31 heavy (non-hydrogen) atoms.